The number of hydrogen-bond acceptors (Lipinski definition) is 3. The van der Waals surface area contributed by atoms with Crippen molar-refractivity contribution in [2.45, 2.75) is 6.42 Å². The Balaban J connectivity index is 1.86. The fourth-order valence-corrected chi connectivity index (χ4v) is 3.07. The second kappa shape index (κ2) is 5.63. The third-order valence-electron chi connectivity index (χ3n) is 4.07. The summed E-state index contributed by atoms with van der Waals surface area (Å²) in [5.74, 6) is 1.90. The molecule has 0 saturated heterocycles. The van der Waals surface area contributed by atoms with Crippen molar-refractivity contribution in [3.63, 3.8) is 0 Å². The Labute approximate surface area is 139 Å². The van der Waals surface area contributed by atoms with E-state index in [-0.39, 0.29) is 0 Å². The van der Waals surface area contributed by atoms with Gasteiger partial charge in [-0.05, 0) is 42.8 Å². The Morgan fingerprint density at radius 1 is 1.17 bits per heavy atom. The molecule has 0 bridgehead atoms. The summed E-state index contributed by atoms with van der Waals surface area (Å²) in [6.45, 7) is 0.928. The predicted molar refractivity (Wildman–Crippen MR) is 92.8 cm³/mol. The molecule has 0 spiro atoms. The van der Waals surface area contributed by atoms with E-state index in [2.05, 4.69) is 11.4 Å². The van der Waals surface area contributed by atoms with E-state index in [4.69, 9.17) is 21.4 Å². The first kappa shape index (κ1) is 14.2. The maximum Gasteiger partial charge on any atom is 0.133 e. The first-order valence-corrected chi connectivity index (χ1v) is 7.90. The normalized spacial score (nSPS) is 12.8. The molecule has 2 heterocycles. The molecule has 23 heavy (non-hydrogen) atoms. The lowest BCUT2D eigenvalue weighted by atomic mass is 10.1. The van der Waals surface area contributed by atoms with Gasteiger partial charge in [-0.1, -0.05) is 23.7 Å². The van der Waals surface area contributed by atoms with Gasteiger partial charge in [0.15, 0.2) is 0 Å². The van der Waals surface area contributed by atoms with Gasteiger partial charge in [0.05, 0.1) is 18.5 Å². The van der Waals surface area contributed by atoms with Crippen LogP contribution >= 0.6 is 11.6 Å². The Kier molecular flexibility index (Phi) is 3.46. The van der Waals surface area contributed by atoms with Crippen molar-refractivity contribution < 1.29 is 4.74 Å². The average molecular weight is 326 g/mol. The monoisotopic (exact) mass is 325 g/mol. The van der Waals surface area contributed by atoms with E-state index >= 15 is 0 Å². The minimum absolute atomic E-state index is 0.721. The molecule has 1 N–H and O–H groups in total. The summed E-state index contributed by atoms with van der Waals surface area (Å²) in [6.07, 6.45) is 0.968. The number of hydrogen-bond donors (Lipinski definition) is 1. The average Bonchev–Trinajstić information content (AvgIpc) is 3.18. The summed E-state index contributed by atoms with van der Waals surface area (Å²) in [4.78, 5) is 0. The van der Waals surface area contributed by atoms with Gasteiger partial charge in [0.1, 0.15) is 11.6 Å². The van der Waals surface area contributed by atoms with Crippen LogP contribution in [0.25, 0.3) is 16.9 Å². The molecule has 3 aromatic rings. The number of nitrogens with one attached hydrogen (secondary N) is 1. The van der Waals surface area contributed by atoms with Gasteiger partial charge in [-0.3, -0.25) is 0 Å². The van der Waals surface area contributed by atoms with Gasteiger partial charge < -0.3 is 10.1 Å². The van der Waals surface area contributed by atoms with Crippen LogP contribution in [0, 0.1) is 0 Å². The number of ether oxygens (including phenoxy) is 1. The number of benzene rings is 2. The maximum atomic E-state index is 5.99. The van der Waals surface area contributed by atoms with Crippen molar-refractivity contribution >= 4 is 17.4 Å². The van der Waals surface area contributed by atoms with Gasteiger partial charge in [0.2, 0.25) is 0 Å². The molecular weight excluding hydrogens is 310 g/mol. The van der Waals surface area contributed by atoms with Crippen molar-refractivity contribution in [3.8, 4) is 22.7 Å². The lowest BCUT2D eigenvalue weighted by Gasteiger charge is -2.06. The van der Waals surface area contributed by atoms with Crippen LogP contribution in [0.3, 0.4) is 0 Å². The molecule has 4 rings (SSSR count). The molecule has 1 aromatic heterocycles. The number of methoxy groups -OCH3 is 1. The summed E-state index contributed by atoms with van der Waals surface area (Å²) < 4.78 is 7.29. The fraction of sp³-hybridized carbons (Fsp3) is 0.167. The molecule has 116 valence electrons. The van der Waals surface area contributed by atoms with E-state index in [1.807, 2.05) is 47.1 Å². The summed E-state index contributed by atoms with van der Waals surface area (Å²) in [5, 5.41) is 8.99. The number of aromatic nitrogens is 2. The van der Waals surface area contributed by atoms with E-state index in [0.29, 0.717) is 0 Å². The maximum absolute atomic E-state index is 5.99. The number of anilines is 1. The smallest absolute Gasteiger partial charge is 0.133 e. The molecule has 1 aliphatic heterocycles. The standard InChI is InChI=1S/C18H16ClN3O/c1-23-15-4-2-3-12(11-15)17-16-9-10-20-18(16)22(21-17)14-7-5-13(19)6-8-14/h2-8,11,20H,9-10H2,1H3. The molecule has 0 amide bonds. The van der Waals surface area contributed by atoms with E-state index in [1.54, 1.807) is 7.11 Å². The Bertz CT molecular complexity index is 855. The summed E-state index contributed by atoms with van der Waals surface area (Å²) in [7, 11) is 1.68. The number of fused-ring (bicyclic) bond motifs is 1. The molecule has 1 aliphatic rings. The van der Waals surface area contributed by atoms with Crippen LogP contribution in [0.1, 0.15) is 5.56 Å². The lowest BCUT2D eigenvalue weighted by molar-refractivity contribution is 0.415. The van der Waals surface area contributed by atoms with E-state index < -0.39 is 0 Å². The summed E-state index contributed by atoms with van der Waals surface area (Å²) in [6, 6.07) is 15.7. The first-order chi connectivity index (χ1) is 11.3. The third kappa shape index (κ3) is 2.45. The van der Waals surface area contributed by atoms with Gasteiger partial charge in [0, 0.05) is 22.7 Å². The van der Waals surface area contributed by atoms with Crippen LogP contribution in [0.5, 0.6) is 5.75 Å². The highest BCUT2D eigenvalue weighted by atomic mass is 35.5. The van der Waals surface area contributed by atoms with Crippen LogP contribution in [0.15, 0.2) is 48.5 Å². The third-order valence-corrected chi connectivity index (χ3v) is 4.32. The topological polar surface area (TPSA) is 39.1 Å². The number of nitrogens with zero attached hydrogens (tertiary/aromatic N) is 2. The predicted octanol–water partition coefficient (Wildman–Crippen LogP) is 4.17. The molecule has 0 saturated carbocycles. The highest BCUT2D eigenvalue weighted by Crippen LogP contribution is 2.35. The van der Waals surface area contributed by atoms with Crippen molar-refractivity contribution in [2.24, 2.45) is 0 Å². The lowest BCUT2D eigenvalue weighted by Crippen LogP contribution is -2.04. The summed E-state index contributed by atoms with van der Waals surface area (Å²) in [5.41, 5.74) is 4.30. The van der Waals surface area contributed by atoms with Crippen LogP contribution in [0.2, 0.25) is 5.02 Å². The minimum atomic E-state index is 0.721. The molecule has 4 nitrogen and oxygen atoms in total. The zero-order valence-corrected chi connectivity index (χ0v) is 13.5. The molecule has 0 atom stereocenters. The second-order valence-electron chi connectivity index (χ2n) is 5.47. The highest BCUT2D eigenvalue weighted by molar-refractivity contribution is 6.30. The fourth-order valence-electron chi connectivity index (χ4n) is 2.95. The number of rotatable bonds is 3. The molecule has 0 fully saturated rings. The van der Waals surface area contributed by atoms with Crippen molar-refractivity contribution in [2.75, 3.05) is 19.0 Å². The minimum Gasteiger partial charge on any atom is -0.497 e. The Morgan fingerprint density at radius 2 is 2.00 bits per heavy atom. The van der Waals surface area contributed by atoms with Crippen LogP contribution in [-0.2, 0) is 6.42 Å². The van der Waals surface area contributed by atoms with Gasteiger partial charge in [-0.25, -0.2) is 4.68 Å². The van der Waals surface area contributed by atoms with Crippen molar-refractivity contribution in [1.82, 2.24) is 9.78 Å². The molecule has 5 heteroatoms. The molecule has 0 unspecified atom stereocenters. The van der Waals surface area contributed by atoms with Crippen molar-refractivity contribution in [3.05, 3.63) is 59.1 Å². The van der Waals surface area contributed by atoms with Crippen LogP contribution < -0.4 is 10.1 Å². The zero-order valence-electron chi connectivity index (χ0n) is 12.7. The number of halogens is 1. The van der Waals surface area contributed by atoms with Gasteiger partial charge in [-0.15, -0.1) is 0 Å². The first-order valence-electron chi connectivity index (χ1n) is 7.52. The Hall–Kier alpha value is -2.46. The van der Waals surface area contributed by atoms with Gasteiger partial charge in [0.25, 0.3) is 0 Å². The molecule has 0 radical (unpaired) electrons. The van der Waals surface area contributed by atoms with E-state index in [0.717, 1.165) is 46.5 Å². The second-order valence-corrected chi connectivity index (χ2v) is 5.91. The van der Waals surface area contributed by atoms with Gasteiger partial charge in [-0.2, -0.15) is 5.10 Å². The molecular formula is C18H16ClN3O. The van der Waals surface area contributed by atoms with Crippen LogP contribution in [0.4, 0.5) is 5.82 Å². The quantitative estimate of drug-likeness (QED) is 0.785. The summed E-state index contributed by atoms with van der Waals surface area (Å²) >= 11 is 5.99. The van der Waals surface area contributed by atoms with Crippen LogP contribution in [-0.4, -0.2) is 23.4 Å². The molecule has 2 aromatic carbocycles. The van der Waals surface area contributed by atoms with Crippen molar-refractivity contribution in [1.29, 1.82) is 0 Å². The van der Waals surface area contributed by atoms with E-state index in [9.17, 15) is 0 Å². The SMILES string of the molecule is COc1cccc(-c2nn(-c3ccc(Cl)cc3)c3c2CCN3)c1. The largest absolute Gasteiger partial charge is 0.497 e. The van der Waals surface area contributed by atoms with E-state index in [1.165, 1.54) is 5.56 Å². The molecule has 0 aliphatic carbocycles. The van der Waals surface area contributed by atoms with Gasteiger partial charge >= 0.3 is 0 Å². The Morgan fingerprint density at radius 3 is 2.78 bits per heavy atom. The highest BCUT2D eigenvalue weighted by Gasteiger charge is 2.24. The zero-order chi connectivity index (χ0) is 15.8.